The van der Waals surface area contributed by atoms with Crippen LogP contribution >= 0.6 is 46.3 Å². The minimum Gasteiger partial charge on any atom is -0.384 e. The Labute approximate surface area is 256 Å². The molecule has 2 aliphatic rings. The van der Waals surface area contributed by atoms with Gasteiger partial charge in [-0.25, -0.2) is 0 Å². The number of nitrogens with zero attached hydrogens (tertiary/aromatic N) is 4. The van der Waals surface area contributed by atoms with Crippen molar-refractivity contribution in [1.82, 2.24) is 10.2 Å². The summed E-state index contributed by atoms with van der Waals surface area (Å²) in [5, 5.41) is 22.8. The van der Waals surface area contributed by atoms with E-state index in [4.69, 9.17) is 28.9 Å². The fourth-order valence-corrected chi connectivity index (χ4v) is 7.10. The van der Waals surface area contributed by atoms with Crippen LogP contribution in [-0.4, -0.2) is 27.6 Å². The number of nitriles is 1. The molecule has 5 rings (SSSR count). The average Bonchev–Trinajstić information content (AvgIpc) is 3.41. The molecule has 8 nitrogen and oxygen atoms in total. The maximum Gasteiger partial charge on any atom is 0.234 e. The molecule has 12 heteroatoms. The number of ketones is 1. The number of rotatable bonds is 7. The fraction of sp³-hybridized carbons (Fsp3) is 0.276. The standard InChI is InChI=1S/C29H26Cl2N6O2S2/c1-15(2)16-6-8-17(9-7-16)25-19(13-32)27(33)37(22-4-3-5-23(38)26(22)25)28-35-36-29(41-28)40-14-24(39)34-21-11-10-18(30)12-20(21)31/h6-12,15,25H,3-5,14,33H2,1-2H3,(H,34,39). The van der Waals surface area contributed by atoms with Gasteiger partial charge in [-0.2, -0.15) is 5.26 Å². The molecule has 2 heterocycles. The number of allylic oxidation sites excluding steroid dienone is 3. The van der Waals surface area contributed by atoms with Gasteiger partial charge in [0.15, 0.2) is 10.1 Å². The Hall–Kier alpha value is -3.36. The summed E-state index contributed by atoms with van der Waals surface area (Å²) in [5.41, 5.74) is 10.8. The Morgan fingerprint density at radius 3 is 2.66 bits per heavy atom. The highest BCUT2D eigenvalue weighted by Crippen LogP contribution is 2.47. The average molecular weight is 626 g/mol. The van der Waals surface area contributed by atoms with E-state index in [1.807, 2.05) is 24.3 Å². The molecule has 1 aliphatic heterocycles. The van der Waals surface area contributed by atoms with E-state index in [2.05, 4.69) is 35.4 Å². The van der Waals surface area contributed by atoms with Crippen molar-refractivity contribution in [1.29, 1.82) is 5.26 Å². The van der Waals surface area contributed by atoms with Gasteiger partial charge in [0.2, 0.25) is 11.0 Å². The lowest BCUT2D eigenvalue weighted by Crippen LogP contribution is -2.38. The first-order valence-corrected chi connectivity index (χ1v) is 15.5. The molecule has 41 heavy (non-hydrogen) atoms. The van der Waals surface area contributed by atoms with Crippen LogP contribution in [0.25, 0.3) is 0 Å². The monoisotopic (exact) mass is 624 g/mol. The van der Waals surface area contributed by atoms with E-state index in [1.54, 1.807) is 23.1 Å². The number of anilines is 2. The highest BCUT2D eigenvalue weighted by molar-refractivity contribution is 8.01. The van der Waals surface area contributed by atoms with Crippen LogP contribution in [0.5, 0.6) is 0 Å². The van der Waals surface area contributed by atoms with E-state index in [0.29, 0.717) is 61.5 Å². The van der Waals surface area contributed by atoms with Gasteiger partial charge in [0, 0.05) is 22.7 Å². The number of carbonyl (C=O) groups excluding carboxylic acids is 2. The topological polar surface area (TPSA) is 125 Å². The van der Waals surface area contributed by atoms with Crippen LogP contribution in [0, 0.1) is 11.3 Å². The summed E-state index contributed by atoms with van der Waals surface area (Å²) in [4.78, 5) is 27.6. The quantitative estimate of drug-likeness (QED) is 0.269. The number of nitrogens with two attached hydrogens (primary N) is 1. The number of benzene rings is 2. The second-order valence-electron chi connectivity index (χ2n) is 9.95. The summed E-state index contributed by atoms with van der Waals surface area (Å²) < 4.78 is 0.541. The lowest BCUT2D eigenvalue weighted by molar-refractivity contribution is -0.116. The third-order valence-electron chi connectivity index (χ3n) is 6.97. The number of nitrogens with one attached hydrogen (secondary N) is 1. The van der Waals surface area contributed by atoms with Crippen molar-refractivity contribution in [3.05, 3.63) is 86.3 Å². The smallest absolute Gasteiger partial charge is 0.234 e. The molecular weight excluding hydrogens is 599 g/mol. The second-order valence-corrected chi connectivity index (χ2v) is 13.0. The summed E-state index contributed by atoms with van der Waals surface area (Å²) in [6.07, 6.45) is 1.71. The normalized spacial score (nSPS) is 17.1. The zero-order valence-corrected chi connectivity index (χ0v) is 25.4. The Bertz CT molecular complexity index is 1620. The fourth-order valence-electron chi connectivity index (χ4n) is 4.97. The van der Waals surface area contributed by atoms with Gasteiger partial charge in [-0.05, 0) is 48.1 Å². The van der Waals surface area contributed by atoms with Crippen molar-refractivity contribution in [3.8, 4) is 6.07 Å². The first kappa shape index (κ1) is 29.1. The number of hydrogen-bond donors (Lipinski definition) is 2. The minimum atomic E-state index is -0.537. The molecule has 0 spiro atoms. The van der Waals surface area contributed by atoms with E-state index in [-0.39, 0.29) is 23.3 Å². The minimum absolute atomic E-state index is 0.00563. The summed E-state index contributed by atoms with van der Waals surface area (Å²) in [6.45, 7) is 4.24. The first-order valence-electron chi connectivity index (χ1n) is 12.9. The molecule has 1 atom stereocenters. The van der Waals surface area contributed by atoms with Crippen molar-refractivity contribution >= 4 is 68.8 Å². The van der Waals surface area contributed by atoms with E-state index < -0.39 is 5.92 Å². The molecule has 1 aromatic heterocycles. The molecule has 210 valence electrons. The van der Waals surface area contributed by atoms with Gasteiger partial charge < -0.3 is 11.1 Å². The van der Waals surface area contributed by atoms with E-state index in [0.717, 1.165) is 11.3 Å². The van der Waals surface area contributed by atoms with Crippen LogP contribution in [0.1, 0.15) is 56.1 Å². The van der Waals surface area contributed by atoms with Gasteiger partial charge in [0.1, 0.15) is 5.82 Å². The lowest BCUT2D eigenvalue weighted by atomic mass is 9.75. The van der Waals surface area contributed by atoms with Crippen LogP contribution in [0.3, 0.4) is 0 Å². The van der Waals surface area contributed by atoms with Gasteiger partial charge >= 0.3 is 0 Å². The largest absolute Gasteiger partial charge is 0.384 e. The zero-order valence-electron chi connectivity index (χ0n) is 22.3. The first-order chi connectivity index (χ1) is 19.7. The number of Topliss-reactive ketones (excluding diaryl/α,β-unsaturated/α-hetero) is 1. The molecule has 3 aromatic rings. The SMILES string of the molecule is CC(C)c1ccc(C2C(C#N)=C(N)N(c3nnc(SCC(=O)Nc4ccc(Cl)cc4Cl)s3)C3=C2C(=O)CCC3)cc1. The molecule has 1 amide bonds. The van der Waals surface area contributed by atoms with Crippen molar-refractivity contribution < 1.29 is 9.59 Å². The van der Waals surface area contributed by atoms with Crippen molar-refractivity contribution in [3.63, 3.8) is 0 Å². The van der Waals surface area contributed by atoms with Crippen LogP contribution in [0.2, 0.25) is 10.0 Å². The molecule has 3 N–H and O–H groups in total. The predicted molar refractivity (Wildman–Crippen MR) is 164 cm³/mol. The number of carbonyl (C=O) groups is 2. The van der Waals surface area contributed by atoms with Crippen molar-refractivity contribution in [2.75, 3.05) is 16.0 Å². The van der Waals surface area contributed by atoms with Gasteiger partial charge in [-0.1, -0.05) is 84.4 Å². The molecule has 0 saturated heterocycles. The van der Waals surface area contributed by atoms with E-state index in [1.165, 1.54) is 28.7 Å². The van der Waals surface area contributed by atoms with Crippen molar-refractivity contribution in [2.24, 2.45) is 5.73 Å². The third kappa shape index (κ3) is 5.99. The van der Waals surface area contributed by atoms with Gasteiger partial charge in [0.25, 0.3) is 0 Å². The Kier molecular flexibility index (Phi) is 8.71. The molecule has 1 aliphatic carbocycles. The number of thioether (sulfide) groups is 1. The van der Waals surface area contributed by atoms with Crippen LogP contribution in [0.15, 0.2) is 69.5 Å². The van der Waals surface area contributed by atoms with Gasteiger partial charge in [-0.3, -0.25) is 14.5 Å². The highest BCUT2D eigenvalue weighted by Gasteiger charge is 2.41. The molecule has 0 bridgehead atoms. The van der Waals surface area contributed by atoms with Gasteiger partial charge in [-0.15, -0.1) is 10.2 Å². The number of hydrogen-bond acceptors (Lipinski definition) is 9. The van der Waals surface area contributed by atoms with Gasteiger partial charge in [0.05, 0.1) is 34.0 Å². The third-order valence-corrected chi connectivity index (χ3v) is 9.56. The van der Waals surface area contributed by atoms with Crippen LogP contribution in [0.4, 0.5) is 10.8 Å². The zero-order chi connectivity index (χ0) is 29.3. The lowest BCUT2D eigenvalue weighted by Gasteiger charge is -2.38. The maximum atomic E-state index is 13.4. The van der Waals surface area contributed by atoms with Crippen molar-refractivity contribution in [2.45, 2.75) is 49.3 Å². The summed E-state index contributed by atoms with van der Waals surface area (Å²) >= 11 is 14.5. The maximum absolute atomic E-state index is 13.4. The number of amides is 1. The molecular formula is C29H26Cl2N6O2S2. The molecule has 0 fully saturated rings. The van der Waals surface area contributed by atoms with E-state index >= 15 is 0 Å². The number of aromatic nitrogens is 2. The number of halogens is 2. The second kappa shape index (κ2) is 12.2. The molecule has 1 unspecified atom stereocenters. The highest BCUT2D eigenvalue weighted by atomic mass is 35.5. The Morgan fingerprint density at radius 1 is 1.22 bits per heavy atom. The molecule has 0 saturated carbocycles. The molecule has 0 radical (unpaired) electrons. The van der Waals surface area contributed by atoms with Crippen LogP contribution < -0.4 is 16.0 Å². The van der Waals surface area contributed by atoms with E-state index in [9.17, 15) is 14.9 Å². The Morgan fingerprint density at radius 2 is 1.98 bits per heavy atom. The summed E-state index contributed by atoms with van der Waals surface area (Å²) in [6, 6.07) is 15.1. The van der Waals surface area contributed by atoms with Crippen LogP contribution in [-0.2, 0) is 9.59 Å². The Balaban J connectivity index is 1.41. The molecule has 2 aromatic carbocycles. The summed E-state index contributed by atoms with van der Waals surface area (Å²) in [5.74, 6) is -0.130. The predicted octanol–water partition coefficient (Wildman–Crippen LogP) is 7.00. The summed E-state index contributed by atoms with van der Waals surface area (Å²) in [7, 11) is 0.